The average molecular weight is 295 g/mol. The number of benzene rings is 1. The minimum absolute atomic E-state index is 0.244. The summed E-state index contributed by atoms with van der Waals surface area (Å²) >= 11 is 0. The van der Waals surface area contributed by atoms with Gasteiger partial charge in [-0.25, -0.2) is 4.39 Å². The molecule has 2 nitrogen and oxygen atoms in total. The first-order chi connectivity index (χ1) is 10.3. The van der Waals surface area contributed by atoms with Crippen molar-refractivity contribution in [1.82, 2.24) is 0 Å². The predicted molar refractivity (Wildman–Crippen MR) is 87.3 cm³/mol. The minimum Gasteiger partial charge on any atom is -0.493 e. The van der Waals surface area contributed by atoms with E-state index < -0.39 is 0 Å². The SMILES string of the molecule is CCCCCCCCCCOc1cc(F)cc(CCN)c1. The Hall–Kier alpha value is -1.09. The van der Waals surface area contributed by atoms with E-state index in [1.807, 2.05) is 6.07 Å². The van der Waals surface area contributed by atoms with E-state index in [0.29, 0.717) is 25.3 Å². The molecule has 0 aromatic heterocycles. The molecule has 0 heterocycles. The van der Waals surface area contributed by atoms with Crippen LogP contribution in [0.25, 0.3) is 0 Å². The summed E-state index contributed by atoms with van der Waals surface area (Å²) in [7, 11) is 0. The molecule has 0 spiro atoms. The Morgan fingerprint density at radius 3 is 2.29 bits per heavy atom. The average Bonchev–Trinajstić information content (AvgIpc) is 2.45. The van der Waals surface area contributed by atoms with Crippen LogP contribution in [0.4, 0.5) is 4.39 Å². The van der Waals surface area contributed by atoms with Crippen LogP contribution in [0.3, 0.4) is 0 Å². The van der Waals surface area contributed by atoms with E-state index in [4.69, 9.17) is 10.5 Å². The van der Waals surface area contributed by atoms with Gasteiger partial charge in [-0.05, 0) is 37.1 Å². The van der Waals surface area contributed by atoms with Gasteiger partial charge in [-0.2, -0.15) is 0 Å². The molecule has 0 aliphatic rings. The van der Waals surface area contributed by atoms with E-state index >= 15 is 0 Å². The van der Waals surface area contributed by atoms with Crippen molar-refractivity contribution < 1.29 is 9.13 Å². The van der Waals surface area contributed by atoms with Gasteiger partial charge in [-0.15, -0.1) is 0 Å². The second-order valence-corrected chi connectivity index (χ2v) is 5.66. The highest BCUT2D eigenvalue weighted by atomic mass is 19.1. The Bertz CT molecular complexity index is 381. The molecule has 0 unspecified atom stereocenters. The molecule has 0 atom stereocenters. The fraction of sp³-hybridized carbons (Fsp3) is 0.667. The molecule has 0 bridgehead atoms. The maximum absolute atomic E-state index is 13.4. The first-order valence-electron chi connectivity index (χ1n) is 8.38. The summed E-state index contributed by atoms with van der Waals surface area (Å²) in [6, 6.07) is 4.86. The largest absolute Gasteiger partial charge is 0.493 e. The lowest BCUT2D eigenvalue weighted by atomic mass is 10.1. The number of hydrogen-bond donors (Lipinski definition) is 1. The molecular formula is C18H30FNO. The van der Waals surface area contributed by atoms with Crippen molar-refractivity contribution in [2.45, 2.75) is 64.7 Å². The van der Waals surface area contributed by atoms with Crippen molar-refractivity contribution in [2.24, 2.45) is 5.73 Å². The summed E-state index contributed by atoms with van der Waals surface area (Å²) in [6.45, 7) is 3.43. The molecule has 1 rings (SSSR count). The third-order valence-corrected chi connectivity index (χ3v) is 3.63. The molecule has 2 N–H and O–H groups in total. The van der Waals surface area contributed by atoms with E-state index in [9.17, 15) is 4.39 Å². The molecule has 21 heavy (non-hydrogen) atoms. The van der Waals surface area contributed by atoms with Crippen molar-refractivity contribution in [1.29, 1.82) is 0 Å². The summed E-state index contributed by atoms with van der Waals surface area (Å²) in [4.78, 5) is 0. The van der Waals surface area contributed by atoms with E-state index in [1.165, 1.54) is 57.1 Å². The van der Waals surface area contributed by atoms with Crippen LogP contribution in [0.5, 0.6) is 5.75 Å². The van der Waals surface area contributed by atoms with E-state index in [2.05, 4.69) is 6.92 Å². The Balaban J connectivity index is 2.12. The van der Waals surface area contributed by atoms with Crippen LogP contribution in [0, 0.1) is 5.82 Å². The van der Waals surface area contributed by atoms with Crippen LogP contribution in [0.2, 0.25) is 0 Å². The van der Waals surface area contributed by atoms with Gasteiger partial charge in [0.2, 0.25) is 0 Å². The zero-order valence-electron chi connectivity index (χ0n) is 13.4. The third-order valence-electron chi connectivity index (χ3n) is 3.63. The smallest absolute Gasteiger partial charge is 0.127 e. The van der Waals surface area contributed by atoms with E-state index in [-0.39, 0.29) is 5.82 Å². The Labute approximate surface area is 128 Å². The quantitative estimate of drug-likeness (QED) is 0.560. The Morgan fingerprint density at radius 2 is 1.62 bits per heavy atom. The van der Waals surface area contributed by atoms with Crippen molar-refractivity contribution in [3.8, 4) is 5.75 Å². The summed E-state index contributed by atoms with van der Waals surface area (Å²) in [6.07, 6.45) is 10.9. The molecule has 0 amide bonds. The van der Waals surface area contributed by atoms with Crippen molar-refractivity contribution >= 4 is 0 Å². The second kappa shape index (κ2) is 11.6. The van der Waals surface area contributed by atoms with Crippen LogP contribution in [0.15, 0.2) is 18.2 Å². The molecule has 0 saturated carbocycles. The zero-order chi connectivity index (χ0) is 15.3. The molecule has 1 aromatic rings. The first kappa shape index (κ1) is 18.0. The van der Waals surface area contributed by atoms with Crippen LogP contribution in [0.1, 0.15) is 63.9 Å². The fourth-order valence-corrected chi connectivity index (χ4v) is 2.44. The Kier molecular flexibility index (Phi) is 9.88. The molecule has 0 fully saturated rings. The van der Waals surface area contributed by atoms with Crippen LogP contribution >= 0.6 is 0 Å². The summed E-state index contributed by atoms with van der Waals surface area (Å²) in [5, 5.41) is 0. The molecule has 0 radical (unpaired) electrons. The molecule has 3 heteroatoms. The zero-order valence-corrected chi connectivity index (χ0v) is 13.4. The fourth-order valence-electron chi connectivity index (χ4n) is 2.44. The standard InChI is InChI=1S/C18H30FNO/c1-2-3-4-5-6-7-8-9-12-21-18-14-16(10-11-20)13-17(19)15-18/h13-15H,2-12,20H2,1H3. The maximum atomic E-state index is 13.4. The van der Waals surface area contributed by atoms with Gasteiger partial charge in [-0.1, -0.05) is 51.9 Å². The number of unbranched alkanes of at least 4 members (excludes halogenated alkanes) is 7. The van der Waals surface area contributed by atoms with Crippen molar-refractivity contribution in [3.63, 3.8) is 0 Å². The normalized spacial score (nSPS) is 10.8. The topological polar surface area (TPSA) is 35.2 Å². The molecular weight excluding hydrogens is 265 g/mol. The molecule has 0 aliphatic carbocycles. The predicted octanol–water partition coefficient (Wildman–Crippen LogP) is 4.85. The highest BCUT2D eigenvalue weighted by Crippen LogP contribution is 2.17. The van der Waals surface area contributed by atoms with Gasteiger partial charge in [-0.3, -0.25) is 0 Å². The number of hydrogen-bond acceptors (Lipinski definition) is 2. The third kappa shape index (κ3) is 8.71. The van der Waals surface area contributed by atoms with Crippen molar-refractivity contribution in [3.05, 3.63) is 29.6 Å². The molecule has 1 aromatic carbocycles. The molecule has 120 valence electrons. The molecule has 0 saturated heterocycles. The van der Waals surface area contributed by atoms with Crippen LogP contribution in [-0.2, 0) is 6.42 Å². The lowest BCUT2D eigenvalue weighted by Gasteiger charge is -2.08. The summed E-state index contributed by atoms with van der Waals surface area (Å²) < 4.78 is 19.0. The van der Waals surface area contributed by atoms with Gasteiger partial charge in [0.1, 0.15) is 11.6 Å². The maximum Gasteiger partial charge on any atom is 0.127 e. The van der Waals surface area contributed by atoms with Gasteiger partial charge in [0.25, 0.3) is 0 Å². The number of rotatable bonds is 12. The Morgan fingerprint density at radius 1 is 0.952 bits per heavy atom. The van der Waals surface area contributed by atoms with Gasteiger partial charge in [0, 0.05) is 6.07 Å². The van der Waals surface area contributed by atoms with Gasteiger partial charge in [0.05, 0.1) is 6.61 Å². The van der Waals surface area contributed by atoms with Gasteiger partial charge < -0.3 is 10.5 Å². The number of ether oxygens (including phenoxy) is 1. The lowest BCUT2D eigenvalue weighted by Crippen LogP contribution is -2.04. The first-order valence-corrected chi connectivity index (χ1v) is 8.38. The lowest BCUT2D eigenvalue weighted by molar-refractivity contribution is 0.302. The molecule has 0 aliphatic heterocycles. The highest BCUT2D eigenvalue weighted by Gasteiger charge is 2.01. The number of halogens is 1. The number of nitrogens with two attached hydrogens (primary N) is 1. The minimum atomic E-state index is -0.244. The summed E-state index contributed by atoms with van der Waals surface area (Å²) in [5.41, 5.74) is 6.40. The van der Waals surface area contributed by atoms with Crippen LogP contribution < -0.4 is 10.5 Å². The van der Waals surface area contributed by atoms with Gasteiger partial charge >= 0.3 is 0 Å². The monoisotopic (exact) mass is 295 g/mol. The van der Waals surface area contributed by atoms with E-state index in [0.717, 1.165) is 12.0 Å². The van der Waals surface area contributed by atoms with E-state index in [1.54, 1.807) is 0 Å². The van der Waals surface area contributed by atoms with Crippen LogP contribution in [-0.4, -0.2) is 13.2 Å². The summed E-state index contributed by atoms with van der Waals surface area (Å²) in [5.74, 6) is 0.383. The van der Waals surface area contributed by atoms with Gasteiger partial charge in [0.15, 0.2) is 0 Å². The van der Waals surface area contributed by atoms with Crippen molar-refractivity contribution in [2.75, 3.05) is 13.2 Å². The second-order valence-electron chi connectivity index (χ2n) is 5.66. The highest BCUT2D eigenvalue weighted by molar-refractivity contribution is 5.29.